The first-order chi connectivity index (χ1) is 25.3. The van der Waals surface area contributed by atoms with Crippen LogP contribution in [-0.4, -0.2) is 9.13 Å². The quantitative estimate of drug-likeness (QED) is 0.186. The van der Waals surface area contributed by atoms with Crippen molar-refractivity contribution in [3.05, 3.63) is 182 Å². The zero-order valence-electron chi connectivity index (χ0n) is 27.6. The lowest BCUT2D eigenvalue weighted by molar-refractivity contribution is 0.669. The van der Waals surface area contributed by atoms with Crippen LogP contribution in [0.1, 0.15) is 0 Å². The van der Waals surface area contributed by atoms with E-state index in [1.54, 1.807) is 0 Å². The molecule has 8 aromatic carbocycles. The summed E-state index contributed by atoms with van der Waals surface area (Å²) in [4.78, 5) is 0. The molecule has 0 spiro atoms. The maximum absolute atomic E-state index is 6.21. The zero-order chi connectivity index (χ0) is 33.5. The monoisotopic (exact) mass is 650 g/mol. The maximum Gasteiger partial charge on any atom is 0.135 e. The molecule has 0 aliphatic carbocycles. The summed E-state index contributed by atoms with van der Waals surface area (Å²) in [6.07, 6.45) is 0. The number of fused-ring (bicyclic) bond motifs is 9. The molecule has 3 nitrogen and oxygen atoms in total. The lowest BCUT2D eigenvalue weighted by atomic mass is 9.92. The van der Waals surface area contributed by atoms with E-state index in [4.69, 9.17) is 4.42 Å². The summed E-state index contributed by atoms with van der Waals surface area (Å²) < 4.78 is 11.1. The second-order valence-corrected chi connectivity index (χ2v) is 13.3. The van der Waals surface area contributed by atoms with Gasteiger partial charge >= 0.3 is 0 Å². The molecule has 51 heavy (non-hydrogen) atoms. The van der Waals surface area contributed by atoms with Crippen molar-refractivity contribution in [2.24, 2.45) is 0 Å². The number of rotatable bonds is 4. The fourth-order valence-electron chi connectivity index (χ4n) is 8.41. The first-order valence-corrected chi connectivity index (χ1v) is 17.4. The van der Waals surface area contributed by atoms with Crippen molar-refractivity contribution in [2.75, 3.05) is 0 Å². The Bertz CT molecular complexity index is 3140. The SMILES string of the molecule is c1ccc(-c2ccccc2-c2cccc3c2c2ccccc2n3-c2cccc3c2c2ccccc2n3-c2ccc3oc4ccccc4c3c2)cc1. The normalized spacial score (nSPS) is 11.9. The summed E-state index contributed by atoms with van der Waals surface area (Å²) in [6.45, 7) is 0. The van der Waals surface area contributed by atoms with E-state index in [1.165, 1.54) is 60.3 Å². The second kappa shape index (κ2) is 10.8. The van der Waals surface area contributed by atoms with Crippen LogP contribution in [0.2, 0.25) is 0 Å². The Morgan fingerprint density at radius 1 is 0.333 bits per heavy atom. The van der Waals surface area contributed by atoms with Gasteiger partial charge in [-0.2, -0.15) is 0 Å². The van der Waals surface area contributed by atoms with E-state index in [1.807, 2.05) is 12.1 Å². The van der Waals surface area contributed by atoms with E-state index in [-0.39, 0.29) is 0 Å². The summed E-state index contributed by atoms with van der Waals surface area (Å²) in [7, 11) is 0. The van der Waals surface area contributed by atoms with Gasteiger partial charge in [0.25, 0.3) is 0 Å². The molecule has 238 valence electrons. The van der Waals surface area contributed by atoms with Gasteiger partial charge in [0.05, 0.1) is 27.8 Å². The highest BCUT2D eigenvalue weighted by Gasteiger charge is 2.22. The molecule has 0 aliphatic heterocycles. The molecular formula is C48H30N2O. The van der Waals surface area contributed by atoms with Gasteiger partial charge in [-0.15, -0.1) is 0 Å². The van der Waals surface area contributed by atoms with Crippen LogP contribution in [0.4, 0.5) is 0 Å². The Hall–Kier alpha value is -6.84. The first kappa shape index (κ1) is 28.0. The van der Waals surface area contributed by atoms with Crippen LogP contribution in [0, 0.1) is 0 Å². The number of hydrogen-bond donors (Lipinski definition) is 0. The number of hydrogen-bond acceptors (Lipinski definition) is 1. The molecule has 0 bridgehead atoms. The molecule has 0 saturated heterocycles. The van der Waals surface area contributed by atoms with Crippen LogP contribution in [0.3, 0.4) is 0 Å². The van der Waals surface area contributed by atoms with E-state index < -0.39 is 0 Å². The third-order valence-electron chi connectivity index (χ3n) is 10.5. The molecule has 3 heteroatoms. The lowest BCUT2D eigenvalue weighted by Gasteiger charge is -2.13. The predicted octanol–water partition coefficient (Wildman–Crippen LogP) is 13.1. The number of nitrogens with zero attached hydrogens (tertiary/aromatic N) is 2. The van der Waals surface area contributed by atoms with E-state index in [9.17, 15) is 0 Å². The van der Waals surface area contributed by atoms with E-state index >= 15 is 0 Å². The lowest BCUT2D eigenvalue weighted by Crippen LogP contribution is -1.96. The molecule has 11 rings (SSSR count). The molecule has 0 N–H and O–H groups in total. The van der Waals surface area contributed by atoms with Gasteiger partial charge in [0, 0.05) is 38.0 Å². The molecule has 0 amide bonds. The summed E-state index contributed by atoms with van der Waals surface area (Å²) in [6, 6.07) is 65.5. The molecule has 0 saturated carbocycles. The Kier molecular flexibility index (Phi) is 5.96. The number of aromatic nitrogens is 2. The molecule has 3 aromatic heterocycles. The Labute approximate surface area is 293 Å². The minimum atomic E-state index is 0.899. The zero-order valence-corrected chi connectivity index (χ0v) is 27.6. The Morgan fingerprint density at radius 2 is 0.902 bits per heavy atom. The smallest absolute Gasteiger partial charge is 0.135 e. The summed E-state index contributed by atoms with van der Waals surface area (Å²) in [5, 5.41) is 7.19. The largest absolute Gasteiger partial charge is 0.456 e. The third-order valence-corrected chi connectivity index (χ3v) is 10.5. The van der Waals surface area contributed by atoms with Crippen molar-refractivity contribution in [1.29, 1.82) is 0 Å². The molecule has 0 aliphatic rings. The fraction of sp³-hybridized carbons (Fsp3) is 0. The highest BCUT2D eigenvalue weighted by Crippen LogP contribution is 2.44. The summed E-state index contributed by atoms with van der Waals surface area (Å²) in [5.41, 5.74) is 13.7. The van der Waals surface area contributed by atoms with Gasteiger partial charge in [-0.1, -0.05) is 127 Å². The van der Waals surface area contributed by atoms with Crippen molar-refractivity contribution < 1.29 is 4.42 Å². The number of para-hydroxylation sites is 3. The highest BCUT2D eigenvalue weighted by molar-refractivity contribution is 6.20. The van der Waals surface area contributed by atoms with Crippen LogP contribution in [0.25, 0.3) is 99.2 Å². The van der Waals surface area contributed by atoms with E-state index in [0.717, 1.165) is 38.8 Å². The average molecular weight is 651 g/mol. The standard InChI is InChI=1S/C48H30N2O/c1-2-14-31(15-3-1)33-16-4-5-17-34(33)36-21-12-24-42-47(36)37-19-6-10-23-41(37)50(42)44-26-13-25-43-48(44)38-20-7-9-22-40(38)49(43)32-28-29-46-39(30-32)35-18-8-11-27-45(35)51-46/h1-30H. The maximum atomic E-state index is 6.21. The van der Waals surface area contributed by atoms with Crippen molar-refractivity contribution >= 4 is 65.6 Å². The third kappa shape index (κ3) is 4.06. The van der Waals surface area contributed by atoms with Gasteiger partial charge in [-0.3, -0.25) is 0 Å². The molecule has 0 atom stereocenters. The van der Waals surface area contributed by atoms with Crippen molar-refractivity contribution in [1.82, 2.24) is 9.13 Å². The van der Waals surface area contributed by atoms with Crippen molar-refractivity contribution in [3.8, 4) is 33.6 Å². The molecule has 0 radical (unpaired) electrons. The van der Waals surface area contributed by atoms with Gasteiger partial charge in [-0.05, 0) is 76.9 Å². The average Bonchev–Trinajstić information content (AvgIpc) is 3.86. The summed E-state index contributed by atoms with van der Waals surface area (Å²) in [5.74, 6) is 0. The predicted molar refractivity (Wildman–Crippen MR) is 213 cm³/mol. The Balaban J connectivity index is 1.21. The van der Waals surface area contributed by atoms with Gasteiger partial charge in [-0.25, -0.2) is 0 Å². The fourth-order valence-corrected chi connectivity index (χ4v) is 8.41. The number of benzene rings is 8. The molecule has 0 fully saturated rings. The molecular weight excluding hydrogens is 621 g/mol. The minimum absolute atomic E-state index is 0.899. The van der Waals surface area contributed by atoms with E-state index in [2.05, 4.69) is 179 Å². The van der Waals surface area contributed by atoms with Gasteiger partial charge in [0.1, 0.15) is 11.2 Å². The summed E-state index contributed by atoms with van der Waals surface area (Å²) >= 11 is 0. The van der Waals surface area contributed by atoms with Gasteiger partial charge < -0.3 is 13.6 Å². The van der Waals surface area contributed by atoms with Gasteiger partial charge in [0.15, 0.2) is 0 Å². The number of furan rings is 1. The van der Waals surface area contributed by atoms with Crippen LogP contribution < -0.4 is 0 Å². The first-order valence-electron chi connectivity index (χ1n) is 17.4. The Morgan fingerprint density at radius 3 is 1.73 bits per heavy atom. The second-order valence-electron chi connectivity index (χ2n) is 13.3. The molecule has 3 heterocycles. The van der Waals surface area contributed by atoms with Crippen molar-refractivity contribution in [3.63, 3.8) is 0 Å². The van der Waals surface area contributed by atoms with E-state index in [0.29, 0.717) is 0 Å². The van der Waals surface area contributed by atoms with Crippen LogP contribution in [0.15, 0.2) is 186 Å². The van der Waals surface area contributed by atoms with Crippen LogP contribution in [-0.2, 0) is 0 Å². The topological polar surface area (TPSA) is 23.0 Å². The minimum Gasteiger partial charge on any atom is -0.456 e. The van der Waals surface area contributed by atoms with Crippen molar-refractivity contribution in [2.45, 2.75) is 0 Å². The van der Waals surface area contributed by atoms with Gasteiger partial charge in [0.2, 0.25) is 0 Å². The molecule has 11 aromatic rings. The molecule has 0 unspecified atom stereocenters. The van der Waals surface area contributed by atoms with Crippen LogP contribution in [0.5, 0.6) is 0 Å². The van der Waals surface area contributed by atoms with Crippen LogP contribution >= 0.6 is 0 Å². The highest BCUT2D eigenvalue weighted by atomic mass is 16.3.